The van der Waals surface area contributed by atoms with E-state index in [1.165, 1.54) is 0 Å². The lowest BCUT2D eigenvalue weighted by Crippen LogP contribution is -2.36. The molecule has 0 bridgehead atoms. The van der Waals surface area contributed by atoms with E-state index in [0.717, 1.165) is 36.8 Å². The van der Waals surface area contributed by atoms with E-state index >= 15 is 0 Å². The summed E-state index contributed by atoms with van der Waals surface area (Å²) in [6, 6.07) is 12.9. The van der Waals surface area contributed by atoms with E-state index in [9.17, 15) is 9.59 Å². The average Bonchev–Trinajstić information content (AvgIpc) is 2.70. The topological polar surface area (TPSA) is 49.4 Å². The van der Waals surface area contributed by atoms with Crippen molar-refractivity contribution >= 4 is 23.4 Å². The number of hydrogen-bond acceptors (Lipinski definition) is 2. The average molecular weight is 385 g/mol. The van der Waals surface area contributed by atoms with Crippen molar-refractivity contribution in [2.75, 3.05) is 13.1 Å². The summed E-state index contributed by atoms with van der Waals surface area (Å²) in [7, 11) is 0. The highest BCUT2D eigenvalue weighted by Crippen LogP contribution is 2.24. The molecule has 0 spiro atoms. The molecule has 1 aliphatic heterocycles. The van der Waals surface area contributed by atoms with Crippen LogP contribution in [-0.4, -0.2) is 29.8 Å². The Kier molecular flexibility index (Phi) is 6.51. The Bertz CT molecular complexity index is 835. The lowest BCUT2D eigenvalue weighted by atomic mass is 9.96. The minimum absolute atomic E-state index is 0.0246. The summed E-state index contributed by atoms with van der Waals surface area (Å²) in [6.45, 7) is 4.02. The molecular formula is C22H25ClN2O2. The Hall–Kier alpha value is -2.33. The van der Waals surface area contributed by atoms with Crippen LogP contribution in [0.4, 0.5) is 0 Å². The standard InChI is InChI=1S/C22H25ClN2O2/c1-2-3-6-12-24-21(26)17-9-10-18-15-25(13-11-16(18)14-17)22(27)19-7-4-5-8-20(19)23/h4-5,7-10,14H,2-3,6,11-13,15H2,1H3,(H,24,26). The second-order valence-corrected chi connectivity index (χ2v) is 7.31. The first-order chi connectivity index (χ1) is 13.1. The van der Waals surface area contributed by atoms with Crippen LogP contribution >= 0.6 is 11.6 Å². The zero-order valence-corrected chi connectivity index (χ0v) is 16.4. The van der Waals surface area contributed by atoms with Gasteiger partial charge in [0.1, 0.15) is 0 Å². The molecule has 0 saturated heterocycles. The van der Waals surface area contributed by atoms with Gasteiger partial charge in [0.05, 0.1) is 10.6 Å². The van der Waals surface area contributed by atoms with Crippen LogP contribution in [0.1, 0.15) is 58.0 Å². The summed E-state index contributed by atoms with van der Waals surface area (Å²) >= 11 is 6.16. The Morgan fingerprint density at radius 1 is 1.11 bits per heavy atom. The van der Waals surface area contributed by atoms with Gasteiger partial charge >= 0.3 is 0 Å². The molecule has 1 heterocycles. The van der Waals surface area contributed by atoms with Crippen molar-refractivity contribution in [2.45, 2.75) is 39.2 Å². The van der Waals surface area contributed by atoms with Gasteiger partial charge in [-0.15, -0.1) is 0 Å². The Morgan fingerprint density at radius 3 is 2.70 bits per heavy atom. The highest BCUT2D eigenvalue weighted by atomic mass is 35.5. The number of halogens is 1. The quantitative estimate of drug-likeness (QED) is 0.747. The van der Waals surface area contributed by atoms with Crippen LogP contribution in [0.5, 0.6) is 0 Å². The first-order valence-corrected chi connectivity index (χ1v) is 9.91. The van der Waals surface area contributed by atoms with Crippen molar-refractivity contribution < 1.29 is 9.59 Å². The van der Waals surface area contributed by atoms with Crippen LogP contribution in [0.3, 0.4) is 0 Å². The molecule has 0 unspecified atom stereocenters. The molecule has 0 saturated carbocycles. The summed E-state index contributed by atoms with van der Waals surface area (Å²) in [5.74, 6) is -0.0764. The number of rotatable bonds is 6. The number of carbonyl (C=O) groups is 2. The molecule has 4 nitrogen and oxygen atoms in total. The summed E-state index contributed by atoms with van der Waals surface area (Å²) in [6.07, 6.45) is 4.01. The van der Waals surface area contributed by atoms with E-state index in [0.29, 0.717) is 35.8 Å². The van der Waals surface area contributed by atoms with Crippen LogP contribution in [-0.2, 0) is 13.0 Å². The molecule has 2 aromatic carbocycles. The lowest BCUT2D eigenvalue weighted by molar-refractivity contribution is 0.0734. The molecule has 142 valence electrons. The molecule has 0 atom stereocenters. The van der Waals surface area contributed by atoms with Crippen molar-refractivity contribution in [3.63, 3.8) is 0 Å². The zero-order valence-electron chi connectivity index (χ0n) is 15.6. The minimum atomic E-state index is -0.0519. The molecule has 0 radical (unpaired) electrons. The number of amides is 2. The predicted octanol–water partition coefficient (Wildman–Crippen LogP) is 4.46. The van der Waals surface area contributed by atoms with Gasteiger partial charge in [0, 0.05) is 25.2 Å². The van der Waals surface area contributed by atoms with Crippen molar-refractivity contribution in [1.29, 1.82) is 0 Å². The number of nitrogens with one attached hydrogen (secondary N) is 1. The van der Waals surface area contributed by atoms with E-state index in [1.54, 1.807) is 12.1 Å². The van der Waals surface area contributed by atoms with Crippen LogP contribution < -0.4 is 5.32 Å². The third kappa shape index (κ3) is 4.69. The molecule has 2 amide bonds. The molecule has 0 aliphatic carbocycles. The van der Waals surface area contributed by atoms with Gasteiger partial charge in [0.2, 0.25) is 0 Å². The molecule has 27 heavy (non-hydrogen) atoms. The maximum Gasteiger partial charge on any atom is 0.255 e. The molecule has 3 rings (SSSR count). The van der Waals surface area contributed by atoms with E-state index in [4.69, 9.17) is 11.6 Å². The van der Waals surface area contributed by atoms with Crippen LogP contribution in [0, 0.1) is 0 Å². The maximum atomic E-state index is 12.8. The fourth-order valence-electron chi connectivity index (χ4n) is 3.35. The fraction of sp³-hybridized carbons (Fsp3) is 0.364. The SMILES string of the molecule is CCCCCNC(=O)c1ccc2c(c1)CCN(C(=O)c1ccccc1Cl)C2. The highest BCUT2D eigenvalue weighted by Gasteiger charge is 2.23. The zero-order chi connectivity index (χ0) is 19.2. The van der Waals surface area contributed by atoms with Crippen LogP contribution in [0.25, 0.3) is 0 Å². The Labute approximate surface area is 165 Å². The Balaban J connectivity index is 1.66. The third-order valence-electron chi connectivity index (χ3n) is 4.94. The van der Waals surface area contributed by atoms with Gasteiger partial charge < -0.3 is 10.2 Å². The highest BCUT2D eigenvalue weighted by molar-refractivity contribution is 6.33. The van der Waals surface area contributed by atoms with Crippen molar-refractivity contribution in [2.24, 2.45) is 0 Å². The van der Waals surface area contributed by atoms with Gasteiger partial charge in [-0.05, 0) is 48.2 Å². The number of nitrogens with zero attached hydrogens (tertiary/aromatic N) is 1. The minimum Gasteiger partial charge on any atom is -0.352 e. The van der Waals surface area contributed by atoms with Gasteiger partial charge in [-0.2, -0.15) is 0 Å². The molecule has 2 aromatic rings. The van der Waals surface area contributed by atoms with Gasteiger partial charge in [-0.1, -0.05) is 49.6 Å². The number of hydrogen-bond donors (Lipinski definition) is 1. The van der Waals surface area contributed by atoms with E-state index in [2.05, 4.69) is 12.2 Å². The van der Waals surface area contributed by atoms with Gasteiger partial charge in [0.25, 0.3) is 11.8 Å². The number of carbonyl (C=O) groups excluding carboxylic acids is 2. The van der Waals surface area contributed by atoms with Gasteiger partial charge in [-0.25, -0.2) is 0 Å². The number of unbranched alkanes of at least 4 members (excludes halogenated alkanes) is 2. The molecule has 0 aromatic heterocycles. The van der Waals surface area contributed by atoms with Crippen LogP contribution in [0.15, 0.2) is 42.5 Å². The van der Waals surface area contributed by atoms with E-state index in [-0.39, 0.29) is 11.8 Å². The third-order valence-corrected chi connectivity index (χ3v) is 5.27. The van der Waals surface area contributed by atoms with Crippen molar-refractivity contribution in [3.8, 4) is 0 Å². The van der Waals surface area contributed by atoms with Crippen molar-refractivity contribution in [3.05, 3.63) is 69.7 Å². The number of benzene rings is 2. The largest absolute Gasteiger partial charge is 0.352 e. The predicted molar refractivity (Wildman–Crippen MR) is 108 cm³/mol. The summed E-state index contributed by atoms with van der Waals surface area (Å²) in [5.41, 5.74) is 3.45. The Morgan fingerprint density at radius 2 is 1.93 bits per heavy atom. The second-order valence-electron chi connectivity index (χ2n) is 6.90. The molecular weight excluding hydrogens is 360 g/mol. The van der Waals surface area contributed by atoms with Gasteiger partial charge in [-0.3, -0.25) is 9.59 Å². The summed E-state index contributed by atoms with van der Waals surface area (Å²) in [4.78, 5) is 26.9. The van der Waals surface area contributed by atoms with E-state index in [1.807, 2.05) is 35.2 Å². The summed E-state index contributed by atoms with van der Waals surface area (Å²) in [5, 5.41) is 3.45. The van der Waals surface area contributed by atoms with Crippen molar-refractivity contribution in [1.82, 2.24) is 10.2 Å². The second kappa shape index (κ2) is 9.05. The van der Waals surface area contributed by atoms with Gasteiger partial charge in [0.15, 0.2) is 0 Å². The molecule has 5 heteroatoms. The molecule has 1 N–H and O–H groups in total. The fourth-order valence-corrected chi connectivity index (χ4v) is 3.57. The first kappa shape index (κ1) is 19.4. The maximum absolute atomic E-state index is 12.8. The normalized spacial score (nSPS) is 13.2. The first-order valence-electron chi connectivity index (χ1n) is 9.54. The summed E-state index contributed by atoms with van der Waals surface area (Å²) < 4.78 is 0. The van der Waals surface area contributed by atoms with E-state index < -0.39 is 0 Å². The lowest BCUT2D eigenvalue weighted by Gasteiger charge is -2.29. The number of fused-ring (bicyclic) bond motifs is 1. The monoisotopic (exact) mass is 384 g/mol. The molecule has 1 aliphatic rings. The molecule has 0 fully saturated rings. The smallest absolute Gasteiger partial charge is 0.255 e. The van der Waals surface area contributed by atoms with Crippen LogP contribution in [0.2, 0.25) is 5.02 Å².